The van der Waals surface area contributed by atoms with E-state index in [1.165, 1.54) is 0 Å². The number of halogens is 1. The highest BCUT2D eigenvalue weighted by Gasteiger charge is 2.46. The molecule has 0 radical (unpaired) electrons. The van der Waals surface area contributed by atoms with E-state index in [9.17, 15) is 14.7 Å². The summed E-state index contributed by atoms with van der Waals surface area (Å²) in [5, 5.41) is 16.2. The van der Waals surface area contributed by atoms with Gasteiger partial charge in [0, 0.05) is 43.9 Å². The zero-order valence-corrected chi connectivity index (χ0v) is 19.2. The Balaban J connectivity index is 1.77. The molecule has 1 amide bonds. The third kappa shape index (κ3) is 4.05. The van der Waals surface area contributed by atoms with E-state index in [0.29, 0.717) is 42.6 Å². The first kappa shape index (κ1) is 22.5. The number of ether oxygens (including phenoxy) is 1. The van der Waals surface area contributed by atoms with Crippen LogP contribution in [0.1, 0.15) is 28.6 Å². The number of aliphatic hydroxyl groups is 1. The Morgan fingerprint density at radius 3 is 2.41 bits per heavy atom. The van der Waals surface area contributed by atoms with E-state index >= 15 is 0 Å². The van der Waals surface area contributed by atoms with Crippen molar-refractivity contribution in [2.24, 2.45) is 7.05 Å². The van der Waals surface area contributed by atoms with Gasteiger partial charge in [0.05, 0.1) is 36.1 Å². The zero-order chi connectivity index (χ0) is 23.0. The number of benzene rings is 1. The summed E-state index contributed by atoms with van der Waals surface area (Å²) in [4.78, 5) is 30.0. The first-order valence-electron chi connectivity index (χ1n) is 10.6. The molecule has 0 aliphatic carbocycles. The Labute approximate surface area is 192 Å². The Hall–Kier alpha value is -2.68. The number of likely N-dealkylation sites (tertiary alicyclic amines) is 1. The Kier molecular flexibility index (Phi) is 6.37. The van der Waals surface area contributed by atoms with E-state index in [-0.39, 0.29) is 11.3 Å². The maximum Gasteiger partial charge on any atom is 0.295 e. The van der Waals surface area contributed by atoms with Crippen molar-refractivity contribution in [1.29, 1.82) is 0 Å². The van der Waals surface area contributed by atoms with Gasteiger partial charge in [-0.2, -0.15) is 5.10 Å². The molecule has 9 heteroatoms. The third-order valence-electron chi connectivity index (χ3n) is 6.23. The number of carbonyl (C=O) groups is 2. The van der Waals surface area contributed by atoms with E-state index in [1.807, 2.05) is 6.92 Å². The molecule has 4 rings (SSSR count). The van der Waals surface area contributed by atoms with Crippen molar-refractivity contribution in [1.82, 2.24) is 19.6 Å². The normalized spacial score (nSPS) is 21.5. The quantitative estimate of drug-likeness (QED) is 0.420. The zero-order valence-electron chi connectivity index (χ0n) is 18.5. The number of ketones is 1. The highest BCUT2D eigenvalue weighted by Crippen LogP contribution is 2.40. The summed E-state index contributed by atoms with van der Waals surface area (Å²) < 4.78 is 7.04. The molecule has 0 saturated carbocycles. The van der Waals surface area contributed by atoms with Gasteiger partial charge in [0.15, 0.2) is 0 Å². The van der Waals surface area contributed by atoms with Crippen molar-refractivity contribution in [3.8, 4) is 0 Å². The lowest BCUT2D eigenvalue weighted by atomic mass is 9.94. The van der Waals surface area contributed by atoms with Crippen LogP contribution in [0.25, 0.3) is 5.76 Å². The van der Waals surface area contributed by atoms with E-state index < -0.39 is 17.7 Å². The molecule has 2 aromatic rings. The van der Waals surface area contributed by atoms with Crippen molar-refractivity contribution in [2.45, 2.75) is 19.9 Å². The number of hydrogen-bond acceptors (Lipinski definition) is 6. The number of nitrogens with zero attached hydrogens (tertiary/aromatic N) is 4. The maximum atomic E-state index is 13.2. The van der Waals surface area contributed by atoms with Gasteiger partial charge in [-0.3, -0.25) is 19.2 Å². The van der Waals surface area contributed by atoms with Crippen molar-refractivity contribution >= 4 is 29.1 Å². The molecule has 2 saturated heterocycles. The molecule has 8 nitrogen and oxygen atoms in total. The Bertz CT molecular complexity index is 1070. The van der Waals surface area contributed by atoms with Gasteiger partial charge >= 0.3 is 0 Å². The van der Waals surface area contributed by atoms with Crippen LogP contribution in [0.4, 0.5) is 0 Å². The van der Waals surface area contributed by atoms with Gasteiger partial charge in [0.1, 0.15) is 5.76 Å². The fourth-order valence-electron chi connectivity index (χ4n) is 4.43. The van der Waals surface area contributed by atoms with Crippen LogP contribution in [0.3, 0.4) is 0 Å². The van der Waals surface area contributed by atoms with E-state index in [0.717, 1.165) is 24.3 Å². The smallest absolute Gasteiger partial charge is 0.295 e. The lowest BCUT2D eigenvalue weighted by molar-refractivity contribution is -0.140. The minimum Gasteiger partial charge on any atom is -0.507 e. The summed E-state index contributed by atoms with van der Waals surface area (Å²) >= 11 is 6.08. The van der Waals surface area contributed by atoms with Gasteiger partial charge in [-0.25, -0.2) is 0 Å². The SMILES string of the molecule is Cc1nn(C)c(C)c1/C(O)=C1\C(=O)C(=O)N(CCN2CCOCC2)C1c1ccc(Cl)cc1. The maximum absolute atomic E-state index is 13.2. The molecule has 3 heterocycles. The van der Waals surface area contributed by atoms with Crippen molar-refractivity contribution in [3.63, 3.8) is 0 Å². The molecule has 170 valence electrons. The van der Waals surface area contributed by atoms with E-state index in [1.54, 1.807) is 47.8 Å². The fraction of sp³-hybridized carbons (Fsp3) is 0.435. The lowest BCUT2D eigenvalue weighted by Crippen LogP contribution is -2.42. The van der Waals surface area contributed by atoms with Crippen molar-refractivity contribution in [2.75, 3.05) is 39.4 Å². The second kappa shape index (κ2) is 9.05. The number of Topliss-reactive ketones (excluding diaryl/α,β-unsaturated/α-hetero) is 1. The summed E-state index contributed by atoms with van der Waals surface area (Å²) in [6.45, 7) is 7.44. The lowest BCUT2D eigenvalue weighted by Gasteiger charge is -2.31. The molecule has 2 aliphatic rings. The summed E-state index contributed by atoms with van der Waals surface area (Å²) in [5.74, 6) is -1.49. The van der Waals surface area contributed by atoms with Crippen molar-refractivity contribution in [3.05, 3.63) is 57.4 Å². The summed E-state index contributed by atoms with van der Waals surface area (Å²) in [6.07, 6.45) is 0. The molecular weight excluding hydrogens is 432 g/mol. The Morgan fingerprint density at radius 2 is 1.81 bits per heavy atom. The first-order chi connectivity index (χ1) is 15.3. The van der Waals surface area contributed by atoms with Crippen LogP contribution in [-0.2, 0) is 21.4 Å². The van der Waals surface area contributed by atoms with Crippen LogP contribution < -0.4 is 0 Å². The molecule has 32 heavy (non-hydrogen) atoms. The summed E-state index contributed by atoms with van der Waals surface area (Å²) in [6, 6.07) is 6.32. The van der Waals surface area contributed by atoms with Crippen LogP contribution >= 0.6 is 11.6 Å². The van der Waals surface area contributed by atoms with Gasteiger partial charge in [0.25, 0.3) is 11.7 Å². The molecule has 1 aromatic carbocycles. The summed E-state index contributed by atoms with van der Waals surface area (Å²) in [5.41, 5.74) is 2.60. The predicted octanol–water partition coefficient (Wildman–Crippen LogP) is 2.44. The molecule has 0 bridgehead atoms. The minimum atomic E-state index is -0.702. The molecule has 2 fully saturated rings. The van der Waals surface area contributed by atoms with Gasteiger partial charge in [-0.1, -0.05) is 23.7 Å². The number of amides is 1. The number of aryl methyl sites for hydroxylation is 2. The number of aromatic nitrogens is 2. The molecule has 1 unspecified atom stereocenters. The first-order valence-corrected chi connectivity index (χ1v) is 11.0. The largest absolute Gasteiger partial charge is 0.507 e. The average Bonchev–Trinajstić information content (AvgIpc) is 3.18. The van der Waals surface area contributed by atoms with E-state index in [2.05, 4.69) is 10.00 Å². The second-order valence-corrected chi connectivity index (χ2v) is 8.60. The van der Waals surface area contributed by atoms with E-state index in [4.69, 9.17) is 16.3 Å². The number of morpholine rings is 1. The number of carbonyl (C=O) groups excluding carboxylic acids is 2. The molecule has 1 atom stereocenters. The second-order valence-electron chi connectivity index (χ2n) is 8.17. The molecule has 1 aromatic heterocycles. The van der Waals surface area contributed by atoms with Crippen LogP contribution in [0.15, 0.2) is 29.8 Å². The highest BCUT2D eigenvalue weighted by molar-refractivity contribution is 6.46. The van der Waals surface area contributed by atoms with Crippen LogP contribution in [0, 0.1) is 13.8 Å². The van der Waals surface area contributed by atoms with Crippen LogP contribution in [-0.4, -0.2) is 75.8 Å². The molecular formula is C23H27ClN4O4. The van der Waals surface area contributed by atoms with Crippen LogP contribution in [0.5, 0.6) is 0 Å². The van der Waals surface area contributed by atoms with Gasteiger partial charge in [0.2, 0.25) is 0 Å². The Morgan fingerprint density at radius 1 is 1.16 bits per heavy atom. The standard InChI is InChI=1S/C23H27ClN4O4/c1-14-18(15(2)26(3)25-14)21(29)19-20(16-4-6-17(24)7-5-16)28(23(31)22(19)30)9-8-27-10-12-32-13-11-27/h4-7,20,29H,8-13H2,1-3H3/b21-19+. The highest BCUT2D eigenvalue weighted by atomic mass is 35.5. The molecule has 2 aliphatic heterocycles. The van der Waals surface area contributed by atoms with Gasteiger partial charge in [-0.05, 0) is 31.5 Å². The minimum absolute atomic E-state index is 0.0819. The number of aliphatic hydroxyl groups excluding tert-OH is 1. The van der Waals surface area contributed by atoms with Crippen LogP contribution in [0.2, 0.25) is 5.02 Å². The van der Waals surface area contributed by atoms with Crippen molar-refractivity contribution < 1.29 is 19.4 Å². The average molecular weight is 459 g/mol. The van der Waals surface area contributed by atoms with Gasteiger partial charge in [-0.15, -0.1) is 0 Å². The third-order valence-corrected chi connectivity index (χ3v) is 6.48. The monoisotopic (exact) mass is 458 g/mol. The summed E-state index contributed by atoms with van der Waals surface area (Å²) in [7, 11) is 1.77. The topological polar surface area (TPSA) is 87.9 Å². The number of hydrogen-bond donors (Lipinski definition) is 1. The predicted molar refractivity (Wildman–Crippen MR) is 120 cm³/mol. The molecule has 0 spiro atoms. The van der Waals surface area contributed by atoms with Gasteiger partial charge < -0.3 is 14.7 Å². The molecule has 1 N–H and O–H groups in total. The fourth-order valence-corrected chi connectivity index (χ4v) is 4.55. The number of rotatable bonds is 5.